The second-order valence-corrected chi connectivity index (χ2v) is 7.63. The number of hydrogen-bond acceptors (Lipinski definition) is 6. The molecule has 3 rings (SSSR count). The molecule has 128 valence electrons. The predicted molar refractivity (Wildman–Crippen MR) is 103 cm³/mol. The van der Waals surface area contributed by atoms with Crippen molar-refractivity contribution in [3.8, 4) is 23.6 Å². The maximum atomic E-state index is 13.1. The highest BCUT2D eigenvalue weighted by molar-refractivity contribution is 7.13. The summed E-state index contributed by atoms with van der Waals surface area (Å²) in [6.45, 7) is 1.99. The number of thiophene rings is 1. The smallest absolute Gasteiger partial charge is 0.273 e. The molecule has 0 N–H and O–H groups in total. The van der Waals surface area contributed by atoms with Gasteiger partial charge in [0.2, 0.25) is 0 Å². The Bertz CT molecular complexity index is 1220. The third-order valence-corrected chi connectivity index (χ3v) is 5.66. The molecular weight excluding hydrogens is 366 g/mol. The number of aryl methyl sites for hydroxylation is 1. The first-order valence-electron chi connectivity index (χ1n) is 7.57. The van der Waals surface area contributed by atoms with Gasteiger partial charge < -0.3 is 4.74 Å². The van der Waals surface area contributed by atoms with Crippen LogP contribution in [0.1, 0.15) is 9.75 Å². The minimum atomic E-state index is -0.288. The number of para-hydroxylation sites is 2. The zero-order chi connectivity index (χ0) is 18.7. The minimum Gasteiger partial charge on any atom is -0.495 e. The number of aromatic nitrogens is 1. The van der Waals surface area contributed by atoms with Crippen molar-refractivity contribution >= 4 is 34.3 Å². The Morgan fingerprint density at radius 2 is 1.88 bits per heavy atom. The first-order chi connectivity index (χ1) is 12.6. The Kier molecular flexibility index (Phi) is 5.04. The lowest BCUT2D eigenvalue weighted by Crippen LogP contribution is -2.30. The fourth-order valence-corrected chi connectivity index (χ4v) is 4.40. The van der Waals surface area contributed by atoms with Crippen LogP contribution in [0.3, 0.4) is 0 Å². The number of hydrogen-bond donors (Lipinski definition) is 0. The average Bonchev–Trinajstić information content (AvgIpc) is 3.20. The molecule has 0 spiro atoms. The van der Waals surface area contributed by atoms with Crippen LogP contribution in [0, 0.1) is 29.6 Å². The largest absolute Gasteiger partial charge is 0.495 e. The van der Waals surface area contributed by atoms with Gasteiger partial charge in [-0.2, -0.15) is 10.5 Å². The van der Waals surface area contributed by atoms with E-state index in [4.69, 9.17) is 4.74 Å². The first-order valence-corrected chi connectivity index (χ1v) is 9.20. The van der Waals surface area contributed by atoms with E-state index >= 15 is 0 Å². The summed E-state index contributed by atoms with van der Waals surface area (Å²) in [5.74, 6) is 0.488. The van der Waals surface area contributed by atoms with E-state index in [1.54, 1.807) is 41.7 Å². The van der Waals surface area contributed by atoms with Gasteiger partial charge in [-0.05, 0) is 37.3 Å². The number of thiazole rings is 1. The van der Waals surface area contributed by atoms with E-state index in [9.17, 15) is 15.3 Å². The van der Waals surface area contributed by atoms with E-state index in [1.807, 2.05) is 31.2 Å². The molecule has 0 saturated heterocycles. The number of nitrogens with zero attached hydrogens (tertiary/aromatic N) is 3. The highest BCUT2D eigenvalue weighted by atomic mass is 32.1. The van der Waals surface area contributed by atoms with Crippen LogP contribution in [0.15, 0.2) is 41.2 Å². The van der Waals surface area contributed by atoms with Crippen molar-refractivity contribution in [3.05, 3.63) is 65.7 Å². The molecule has 0 fully saturated rings. The third kappa shape index (κ3) is 3.18. The van der Waals surface area contributed by atoms with Crippen LogP contribution in [0.5, 0.6) is 5.75 Å². The van der Waals surface area contributed by atoms with E-state index in [0.29, 0.717) is 20.6 Å². The Morgan fingerprint density at radius 1 is 1.15 bits per heavy atom. The second kappa shape index (κ2) is 7.40. The Balaban J connectivity index is 2.43. The van der Waals surface area contributed by atoms with Crippen LogP contribution in [-0.2, 0) is 0 Å². The van der Waals surface area contributed by atoms with Crippen LogP contribution in [-0.4, -0.2) is 11.7 Å². The number of rotatable bonds is 3. The van der Waals surface area contributed by atoms with Gasteiger partial charge in [0.1, 0.15) is 22.6 Å². The fraction of sp³-hybridized carbons (Fsp3) is 0.105. The highest BCUT2D eigenvalue weighted by Gasteiger charge is 2.14. The van der Waals surface area contributed by atoms with Crippen molar-refractivity contribution in [2.75, 3.05) is 7.11 Å². The van der Waals surface area contributed by atoms with Crippen LogP contribution >= 0.6 is 22.7 Å². The summed E-state index contributed by atoms with van der Waals surface area (Å²) in [5.41, 5.74) is 0.0971. The molecule has 2 heterocycles. The topological polar surface area (TPSA) is 78.8 Å². The summed E-state index contributed by atoms with van der Waals surface area (Å²) in [4.78, 5) is 15.1. The molecule has 1 aromatic carbocycles. The Labute approximate surface area is 157 Å². The van der Waals surface area contributed by atoms with E-state index in [-0.39, 0.29) is 11.1 Å². The van der Waals surface area contributed by atoms with Gasteiger partial charge in [-0.25, -0.2) is 0 Å². The van der Waals surface area contributed by atoms with E-state index in [1.165, 1.54) is 11.7 Å². The normalized spacial score (nSPS) is 11.0. The number of ether oxygens (including phenoxy) is 1. The minimum absolute atomic E-state index is 0.111. The molecule has 2 aromatic heterocycles. The molecule has 26 heavy (non-hydrogen) atoms. The molecule has 0 amide bonds. The lowest BCUT2D eigenvalue weighted by molar-refractivity contribution is 0.412. The monoisotopic (exact) mass is 379 g/mol. The van der Waals surface area contributed by atoms with Gasteiger partial charge in [-0.15, -0.1) is 22.7 Å². The average molecular weight is 379 g/mol. The number of benzene rings is 1. The van der Waals surface area contributed by atoms with E-state index in [0.717, 1.165) is 21.1 Å². The van der Waals surface area contributed by atoms with Crippen molar-refractivity contribution in [2.45, 2.75) is 6.92 Å². The zero-order valence-corrected chi connectivity index (χ0v) is 15.6. The standard InChI is InChI=1S/C19H13N3O2S2/c1-12-7-8-14(25-12)9-17-18(23)22(19(26-17)13(10-20)11-21)15-5-3-4-6-16(15)24-2/h3-9H,1-2H3/b17-9+. The molecule has 5 nitrogen and oxygen atoms in total. The van der Waals surface area contributed by atoms with E-state index < -0.39 is 0 Å². The van der Waals surface area contributed by atoms with Crippen LogP contribution in [0.4, 0.5) is 0 Å². The molecule has 7 heteroatoms. The fourth-order valence-electron chi connectivity index (χ4n) is 2.46. The number of nitriles is 2. The Morgan fingerprint density at radius 3 is 2.50 bits per heavy atom. The van der Waals surface area contributed by atoms with Crippen molar-refractivity contribution in [1.29, 1.82) is 10.5 Å². The van der Waals surface area contributed by atoms with Crippen LogP contribution < -0.4 is 19.5 Å². The van der Waals surface area contributed by atoms with Gasteiger partial charge in [0.15, 0.2) is 5.57 Å². The molecular formula is C19H13N3O2S2. The number of methoxy groups -OCH3 is 1. The summed E-state index contributed by atoms with van der Waals surface area (Å²) < 4.78 is 7.47. The summed E-state index contributed by atoms with van der Waals surface area (Å²) in [5, 5.41) is 18.6. The van der Waals surface area contributed by atoms with Gasteiger partial charge in [0.05, 0.1) is 17.3 Å². The molecule has 0 aliphatic carbocycles. The maximum Gasteiger partial charge on any atom is 0.273 e. The van der Waals surface area contributed by atoms with Gasteiger partial charge in [0.25, 0.3) is 5.56 Å². The predicted octanol–water partition coefficient (Wildman–Crippen LogP) is 2.30. The lowest BCUT2D eigenvalue weighted by Gasteiger charge is -2.08. The molecule has 0 radical (unpaired) electrons. The second-order valence-electron chi connectivity index (χ2n) is 5.28. The van der Waals surface area contributed by atoms with Crippen molar-refractivity contribution in [3.63, 3.8) is 0 Å². The molecule has 3 aromatic rings. The summed E-state index contributed by atoms with van der Waals surface area (Å²) in [6, 6.07) is 14.7. The first kappa shape index (κ1) is 17.7. The molecule has 0 aliphatic heterocycles. The molecule has 0 saturated carbocycles. The highest BCUT2D eigenvalue weighted by Crippen LogP contribution is 2.20. The summed E-state index contributed by atoms with van der Waals surface area (Å²) >= 11 is 2.70. The maximum absolute atomic E-state index is 13.1. The summed E-state index contributed by atoms with van der Waals surface area (Å²) in [6.07, 6.45) is 1.78. The van der Waals surface area contributed by atoms with E-state index in [2.05, 4.69) is 0 Å². The molecule has 0 atom stereocenters. The van der Waals surface area contributed by atoms with Crippen molar-refractivity contribution < 1.29 is 4.74 Å². The lowest BCUT2D eigenvalue weighted by atomic mass is 10.3. The van der Waals surface area contributed by atoms with Crippen LogP contribution in [0.2, 0.25) is 0 Å². The third-order valence-electron chi connectivity index (χ3n) is 3.62. The van der Waals surface area contributed by atoms with Gasteiger partial charge in [-0.1, -0.05) is 12.1 Å². The van der Waals surface area contributed by atoms with Crippen molar-refractivity contribution in [1.82, 2.24) is 4.57 Å². The quantitative estimate of drug-likeness (QED) is 0.699. The molecule has 0 bridgehead atoms. The van der Waals surface area contributed by atoms with Gasteiger partial charge in [0, 0.05) is 9.75 Å². The SMILES string of the molecule is COc1ccccc1-n1c(=C(C#N)C#N)s/c(=C/c2ccc(C)s2)c1=O. The van der Waals surface area contributed by atoms with Gasteiger partial charge >= 0.3 is 0 Å². The van der Waals surface area contributed by atoms with Crippen molar-refractivity contribution in [2.24, 2.45) is 0 Å². The summed E-state index contributed by atoms with van der Waals surface area (Å²) in [7, 11) is 1.51. The molecule has 0 unspecified atom stereocenters. The van der Waals surface area contributed by atoms with Crippen LogP contribution in [0.25, 0.3) is 17.3 Å². The molecule has 0 aliphatic rings. The Hall–Kier alpha value is -3.13. The van der Waals surface area contributed by atoms with Gasteiger partial charge in [-0.3, -0.25) is 9.36 Å². The zero-order valence-electron chi connectivity index (χ0n) is 14.0.